The van der Waals surface area contributed by atoms with Gasteiger partial charge in [-0.3, -0.25) is 4.90 Å². The summed E-state index contributed by atoms with van der Waals surface area (Å²) in [5.41, 5.74) is 0.948. The third kappa shape index (κ3) is 2.86. The molecular formula is C14H21NO2. The van der Waals surface area contributed by atoms with Crippen molar-refractivity contribution in [2.75, 3.05) is 19.7 Å². The van der Waals surface area contributed by atoms with Crippen LogP contribution in [-0.2, 0) is 0 Å². The molecule has 0 aromatic heterocycles. The van der Waals surface area contributed by atoms with Gasteiger partial charge in [-0.2, -0.15) is 0 Å². The van der Waals surface area contributed by atoms with Gasteiger partial charge in [0, 0.05) is 12.6 Å². The Kier molecular flexibility index (Phi) is 4.15. The monoisotopic (exact) mass is 235 g/mol. The van der Waals surface area contributed by atoms with E-state index in [4.69, 9.17) is 0 Å². The molecule has 3 nitrogen and oxygen atoms in total. The van der Waals surface area contributed by atoms with Gasteiger partial charge in [-0.05, 0) is 24.4 Å². The lowest BCUT2D eigenvalue weighted by Gasteiger charge is -2.27. The molecule has 1 aliphatic rings. The zero-order valence-corrected chi connectivity index (χ0v) is 10.3. The zero-order chi connectivity index (χ0) is 12.3. The molecule has 0 amide bonds. The molecule has 0 radical (unpaired) electrons. The van der Waals surface area contributed by atoms with E-state index in [1.165, 1.54) is 0 Å². The SMILES string of the molecule is CC1CCN(CC(O)c2ccccc2)C1CO. The van der Waals surface area contributed by atoms with Gasteiger partial charge in [0.05, 0.1) is 12.7 Å². The molecule has 3 heteroatoms. The van der Waals surface area contributed by atoms with E-state index >= 15 is 0 Å². The van der Waals surface area contributed by atoms with Crippen molar-refractivity contribution in [3.05, 3.63) is 35.9 Å². The van der Waals surface area contributed by atoms with E-state index in [0.29, 0.717) is 12.5 Å². The summed E-state index contributed by atoms with van der Waals surface area (Å²) in [6, 6.07) is 9.91. The average molecular weight is 235 g/mol. The van der Waals surface area contributed by atoms with E-state index in [1.54, 1.807) is 0 Å². The van der Waals surface area contributed by atoms with Crippen molar-refractivity contribution in [1.29, 1.82) is 0 Å². The molecule has 1 saturated heterocycles. The Morgan fingerprint density at radius 2 is 2.06 bits per heavy atom. The van der Waals surface area contributed by atoms with Crippen LogP contribution in [0.25, 0.3) is 0 Å². The van der Waals surface area contributed by atoms with Crippen LogP contribution in [0.4, 0.5) is 0 Å². The minimum Gasteiger partial charge on any atom is -0.395 e. The normalized spacial score (nSPS) is 27.2. The summed E-state index contributed by atoms with van der Waals surface area (Å²) in [6.45, 7) is 3.92. The predicted octanol–water partition coefficient (Wildman–Crippen LogP) is 1.42. The van der Waals surface area contributed by atoms with Gasteiger partial charge >= 0.3 is 0 Å². The van der Waals surface area contributed by atoms with Crippen molar-refractivity contribution in [3.63, 3.8) is 0 Å². The Morgan fingerprint density at radius 1 is 1.35 bits per heavy atom. The van der Waals surface area contributed by atoms with E-state index in [0.717, 1.165) is 18.5 Å². The van der Waals surface area contributed by atoms with E-state index in [1.807, 2.05) is 30.3 Å². The number of β-amino-alcohol motifs (C(OH)–C–C–N with tert-alkyl or cyclic N) is 1. The lowest BCUT2D eigenvalue weighted by atomic mass is 10.0. The van der Waals surface area contributed by atoms with Crippen LogP contribution >= 0.6 is 0 Å². The van der Waals surface area contributed by atoms with Crippen molar-refractivity contribution in [2.24, 2.45) is 5.92 Å². The fraction of sp³-hybridized carbons (Fsp3) is 0.571. The highest BCUT2D eigenvalue weighted by atomic mass is 16.3. The van der Waals surface area contributed by atoms with Gasteiger partial charge in [0.2, 0.25) is 0 Å². The molecule has 1 heterocycles. The quantitative estimate of drug-likeness (QED) is 0.829. The summed E-state index contributed by atoms with van der Waals surface area (Å²) in [6.07, 6.45) is 0.641. The molecule has 2 rings (SSSR count). The number of hydrogen-bond donors (Lipinski definition) is 2. The third-order valence-electron chi connectivity index (χ3n) is 3.78. The predicted molar refractivity (Wildman–Crippen MR) is 67.6 cm³/mol. The first kappa shape index (κ1) is 12.6. The highest BCUT2D eigenvalue weighted by Crippen LogP contribution is 2.26. The van der Waals surface area contributed by atoms with Crippen LogP contribution in [0, 0.1) is 5.92 Å². The van der Waals surface area contributed by atoms with E-state index in [9.17, 15) is 10.2 Å². The molecule has 0 aliphatic carbocycles. The highest BCUT2D eigenvalue weighted by molar-refractivity contribution is 5.17. The molecule has 0 bridgehead atoms. The molecule has 1 aromatic carbocycles. The van der Waals surface area contributed by atoms with Gasteiger partial charge in [0.1, 0.15) is 0 Å². The number of benzene rings is 1. The smallest absolute Gasteiger partial charge is 0.0917 e. The first-order chi connectivity index (χ1) is 8.22. The summed E-state index contributed by atoms with van der Waals surface area (Å²) in [5, 5.41) is 19.5. The van der Waals surface area contributed by atoms with Crippen LogP contribution < -0.4 is 0 Å². The summed E-state index contributed by atoms with van der Waals surface area (Å²) in [5.74, 6) is 0.517. The van der Waals surface area contributed by atoms with Gasteiger partial charge < -0.3 is 10.2 Å². The zero-order valence-electron chi connectivity index (χ0n) is 10.3. The molecule has 3 atom stereocenters. The minimum atomic E-state index is -0.462. The number of nitrogens with zero attached hydrogens (tertiary/aromatic N) is 1. The fourth-order valence-corrected chi connectivity index (χ4v) is 2.61. The van der Waals surface area contributed by atoms with Crippen molar-refractivity contribution in [1.82, 2.24) is 4.90 Å². The maximum Gasteiger partial charge on any atom is 0.0917 e. The van der Waals surface area contributed by atoms with Crippen molar-refractivity contribution in [2.45, 2.75) is 25.5 Å². The van der Waals surface area contributed by atoms with Gasteiger partial charge in [-0.15, -0.1) is 0 Å². The standard InChI is InChI=1S/C14H21NO2/c1-11-7-8-15(13(11)10-16)9-14(17)12-5-3-2-4-6-12/h2-6,11,13-14,16-17H,7-10H2,1H3. The molecule has 2 N–H and O–H groups in total. The lowest BCUT2D eigenvalue weighted by molar-refractivity contribution is 0.0763. The summed E-state index contributed by atoms with van der Waals surface area (Å²) in [7, 11) is 0. The summed E-state index contributed by atoms with van der Waals surface area (Å²) < 4.78 is 0. The second-order valence-electron chi connectivity index (χ2n) is 4.94. The number of aliphatic hydroxyl groups is 2. The Labute approximate surface area is 103 Å². The lowest BCUT2D eigenvalue weighted by Crippen LogP contribution is -2.37. The molecule has 17 heavy (non-hydrogen) atoms. The highest BCUT2D eigenvalue weighted by Gasteiger charge is 2.31. The average Bonchev–Trinajstić information content (AvgIpc) is 2.71. The first-order valence-electron chi connectivity index (χ1n) is 6.30. The number of aliphatic hydroxyl groups excluding tert-OH is 2. The van der Waals surface area contributed by atoms with Gasteiger partial charge in [0.15, 0.2) is 0 Å². The van der Waals surface area contributed by atoms with Gasteiger partial charge in [0.25, 0.3) is 0 Å². The summed E-state index contributed by atoms with van der Waals surface area (Å²) >= 11 is 0. The molecule has 0 spiro atoms. The largest absolute Gasteiger partial charge is 0.395 e. The second kappa shape index (κ2) is 5.63. The topological polar surface area (TPSA) is 43.7 Å². The molecule has 3 unspecified atom stereocenters. The Bertz CT molecular complexity index is 341. The van der Waals surface area contributed by atoms with Crippen LogP contribution in [0.15, 0.2) is 30.3 Å². The third-order valence-corrected chi connectivity index (χ3v) is 3.78. The molecule has 1 fully saturated rings. The van der Waals surface area contributed by atoms with Crippen LogP contribution in [0.3, 0.4) is 0 Å². The second-order valence-corrected chi connectivity index (χ2v) is 4.94. The Hall–Kier alpha value is -0.900. The first-order valence-corrected chi connectivity index (χ1v) is 6.30. The van der Waals surface area contributed by atoms with Gasteiger partial charge in [-0.1, -0.05) is 37.3 Å². The Morgan fingerprint density at radius 3 is 2.71 bits per heavy atom. The minimum absolute atomic E-state index is 0.183. The van der Waals surface area contributed by atoms with Crippen LogP contribution in [0.1, 0.15) is 25.0 Å². The molecular weight excluding hydrogens is 214 g/mol. The molecule has 1 aromatic rings. The van der Waals surface area contributed by atoms with Crippen LogP contribution in [-0.4, -0.2) is 40.9 Å². The van der Waals surface area contributed by atoms with Crippen molar-refractivity contribution >= 4 is 0 Å². The number of hydrogen-bond acceptors (Lipinski definition) is 3. The molecule has 0 saturated carbocycles. The maximum absolute atomic E-state index is 10.2. The molecule has 94 valence electrons. The Balaban J connectivity index is 1.97. The van der Waals surface area contributed by atoms with Gasteiger partial charge in [-0.25, -0.2) is 0 Å². The van der Waals surface area contributed by atoms with Crippen molar-refractivity contribution < 1.29 is 10.2 Å². The van der Waals surface area contributed by atoms with E-state index < -0.39 is 6.10 Å². The molecule has 1 aliphatic heterocycles. The summed E-state index contributed by atoms with van der Waals surface area (Å²) in [4.78, 5) is 2.20. The van der Waals surface area contributed by atoms with Crippen LogP contribution in [0.5, 0.6) is 0 Å². The van der Waals surface area contributed by atoms with Crippen molar-refractivity contribution in [3.8, 4) is 0 Å². The van der Waals surface area contributed by atoms with E-state index in [2.05, 4.69) is 11.8 Å². The number of rotatable bonds is 4. The number of likely N-dealkylation sites (tertiary alicyclic amines) is 1. The fourth-order valence-electron chi connectivity index (χ4n) is 2.61. The van der Waals surface area contributed by atoms with Crippen LogP contribution in [0.2, 0.25) is 0 Å². The maximum atomic E-state index is 10.2. The van der Waals surface area contributed by atoms with E-state index in [-0.39, 0.29) is 12.6 Å².